The smallest absolute Gasteiger partial charge is 0.171 e. The van der Waals surface area contributed by atoms with Crippen LogP contribution in [0.5, 0.6) is 0 Å². The van der Waals surface area contributed by atoms with Crippen LogP contribution in [0.15, 0.2) is 0 Å². The summed E-state index contributed by atoms with van der Waals surface area (Å²) in [6.45, 7) is 7.25. The standard InChI is InChI=1S/C8H15F3/c1-6(2,3)7(4,5)8(9,10)11/h1-5H3. The van der Waals surface area contributed by atoms with Gasteiger partial charge < -0.3 is 0 Å². The molecule has 0 saturated heterocycles. The molecule has 0 rings (SSSR count). The fourth-order valence-electron chi connectivity index (χ4n) is 0.425. The predicted molar refractivity (Wildman–Crippen MR) is 39.3 cm³/mol. The molecule has 0 unspecified atom stereocenters. The van der Waals surface area contributed by atoms with Gasteiger partial charge in [0.1, 0.15) is 0 Å². The maximum Gasteiger partial charge on any atom is 0.394 e. The molecule has 0 aromatic rings. The Morgan fingerprint density at radius 3 is 1.00 bits per heavy atom. The zero-order valence-electron chi connectivity index (χ0n) is 7.63. The molecule has 0 amide bonds. The highest BCUT2D eigenvalue weighted by Crippen LogP contribution is 2.49. The van der Waals surface area contributed by atoms with Gasteiger partial charge in [-0.25, -0.2) is 0 Å². The van der Waals surface area contributed by atoms with E-state index in [-0.39, 0.29) is 0 Å². The first kappa shape index (κ1) is 10.8. The summed E-state index contributed by atoms with van der Waals surface area (Å²) in [5, 5.41) is 0. The van der Waals surface area contributed by atoms with E-state index in [0.717, 1.165) is 0 Å². The Labute approximate surface area is 65.8 Å². The summed E-state index contributed by atoms with van der Waals surface area (Å²) in [7, 11) is 0. The molecule has 0 N–H and O–H groups in total. The van der Waals surface area contributed by atoms with E-state index in [4.69, 9.17) is 0 Å². The highest BCUT2D eigenvalue weighted by molar-refractivity contribution is 4.88. The molecule has 0 aromatic carbocycles. The van der Waals surface area contributed by atoms with Crippen LogP contribution in [0, 0.1) is 10.8 Å². The molecular weight excluding hydrogens is 153 g/mol. The number of hydrogen-bond donors (Lipinski definition) is 0. The van der Waals surface area contributed by atoms with E-state index >= 15 is 0 Å². The van der Waals surface area contributed by atoms with Gasteiger partial charge in [-0.1, -0.05) is 34.6 Å². The van der Waals surface area contributed by atoms with Crippen molar-refractivity contribution in [2.75, 3.05) is 0 Å². The van der Waals surface area contributed by atoms with Crippen LogP contribution in [0.25, 0.3) is 0 Å². The van der Waals surface area contributed by atoms with E-state index in [1.807, 2.05) is 0 Å². The molecule has 0 fully saturated rings. The summed E-state index contributed by atoms with van der Waals surface area (Å²) in [5.41, 5.74) is -2.37. The lowest BCUT2D eigenvalue weighted by Crippen LogP contribution is -2.43. The first-order chi connectivity index (χ1) is 4.50. The Bertz CT molecular complexity index is 120. The Balaban J connectivity index is 4.75. The second kappa shape index (κ2) is 2.39. The van der Waals surface area contributed by atoms with Gasteiger partial charge in [0.25, 0.3) is 0 Å². The van der Waals surface area contributed by atoms with E-state index in [2.05, 4.69) is 0 Å². The third-order valence-electron chi connectivity index (χ3n) is 2.58. The number of alkyl halides is 3. The van der Waals surface area contributed by atoms with Gasteiger partial charge in [0.2, 0.25) is 0 Å². The zero-order chi connectivity index (χ0) is 9.50. The third kappa shape index (κ3) is 1.88. The molecule has 0 radical (unpaired) electrons. The van der Waals surface area contributed by atoms with E-state index in [1.165, 1.54) is 13.8 Å². The Morgan fingerprint density at radius 1 is 0.727 bits per heavy atom. The van der Waals surface area contributed by atoms with E-state index in [9.17, 15) is 13.2 Å². The van der Waals surface area contributed by atoms with Gasteiger partial charge in [0.05, 0.1) is 5.41 Å². The average molecular weight is 168 g/mol. The van der Waals surface area contributed by atoms with E-state index in [1.54, 1.807) is 20.8 Å². The van der Waals surface area contributed by atoms with E-state index < -0.39 is 17.0 Å². The minimum atomic E-state index is -4.12. The Hall–Kier alpha value is -0.210. The Kier molecular flexibility index (Phi) is 2.34. The molecule has 0 bridgehead atoms. The molecule has 0 aliphatic carbocycles. The lowest BCUT2D eigenvalue weighted by molar-refractivity contribution is -0.243. The molecule has 0 aliphatic heterocycles. The monoisotopic (exact) mass is 168 g/mol. The highest BCUT2D eigenvalue weighted by Gasteiger charge is 2.54. The fraction of sp³-hybridized carbons (Fsp3) is 1.00. The summed E-state index contributed by atoms with van der Waals surface area (Å²) in [6.07, 6.45) is -4.12. The molecular formula is C8H15F3. The van der Waals surface area contributed by atoms with Gasteiger partial charge in [-0.2, -0.15) is 13.2 Å². The van der Waals surface area contributed by atoms with Crippen LogP contribution in [-0.2, 0) is 0 Å². The van der Waals surface area contributed by atoms with Crippen molar-refractivity contribution in [3.05, 3.63) is 0 Å². The number of halogens is 3. The maximum absolute atomic E-state index is 12.3. The molecule has 0 saturated carbocycles. The van der Waals surface area contributed by atoms with Crippen LogP contribution >= 0.6 is 0 Å². The van der Waals surface area contributed by atoms with Crippen molar-refractivity contribution in [2.45, 2.75) is 40.8 Å². The summed E-state index contributed by atoms with van der Waals surface area (Å²) in [6, 6.07) is 0. The van der Waals surface area contributed by atoms with Crippen molar-refractivity contribution in [1.29, 1.82) is 0 Å². The molecule has 11 heavy (non-hydrogen) atoms. The normalized spacial score (nSPS) is 15.3. The number of rotatable bonds is 0. The van der Waals surface area contributed by atoms with Crippen LogP contribution in [0.3, 0.4) is 0 Å². The van der Waals surface area contributed by atoms with Crippen molar-refractivity contribution in [2.24, 2.45) is 10.8 Å². The fourth-order valence-corrected chi connectivity index (χ4v) is 0.425. The first-order valence-electron chi connectivity index (χ1n) is 3.57. The van der Waals surface area contributed by atoms with Crippen LogP contribution < -0.4 is 0 Å². The van der Waals surface area contributed by atoms with Gasteiger partial charge >= 0.3 is 6.18 Å². The minimum Gasteiger partial charge on any atom is -0.171 e. The molecule has 0 heterocycles. The van der Waals surface area contributed by atoms with Gasteiger partial charge in [-0.3, -0.25) is 0 Å². The topological polar surface area (TPSA) is 0 Å². The summed E-state index contributed by atoms with van der Waals surface area (Å²) in [4.78, 5) is 0. The second-order valence-corrected chi connectivity index (χ2v) is 4.37. The van der Waals surface area contributed by atoms with Gasteiger partial charge in [0.15, 0.2) is 0 Å². The summed E-state index contributed by atoms with van der Waals surface area (Å²) in [5.74, 6) is 0. The third-order valence-corrected chi connectivity index (χ3v) is 2.58. The van der Waals surface area contributed by atoms with Crippen molar-refractivity contribution < 1.29 is 13.2 Å². The molecule has 0 atom stereocenters. The highest BCUT2D eigenvalue weighted by atomic mass is 19.4. The molecule has 0 aromatic heterocycles. The largest absolute Gasteiger partial charge is 0.394 e. The van der Waals surface area contributed by atoms with Crippen LogP contribution in [-0.4, -0.2) is 6.18 Å². The predicted octanol–water partition coefficient (Wildman–Crippen LogP) is 3.62. The zero-order valence-corrected chi connectivity index (χ0v) is 7.63. The van der Waals surface area contributed by atoms with Crippen LogP contribution in [0.4, 0.5) is 13.2 Å². The van der Waals surface area contributed by atoms with Crippen LogP contribution in [0.1, 0.15) is 34.6 Å². The first-order valence-corrected chi connectivity index (χ1v) is 3.57. The van der Waals surface area contributed by atoms with Gasteiger partial charge in [-0.15, -0.1) is 0 Å². The minimum absolute atomic E-state index is 0.745. The quantitative estimate of drug-likeness (QED) is 0.518. The van der Waals surface area contributed by atoms with E-state index in [0.29, 0.717) is 0 Å². The lowest BCUT2D eigenvalue weighted by Gasteiger charge is -2.40. The second-order valence-electron chi connectivity index (χ2n) is 4.37. The SMILES string of the molecule is CC(C)(C)C(C)(C)C(F)(F)F. The van der Waals surface area contributed by atoms with Crippen LogP contribution in [0.2, 0.25) is 0 Å². The van der Waals surface area contributed by atoms with Crippen molar-refractivity contribution in [3.63, 3.8) is 0 Å². The average Bonchev–Trinajstić information content (AvgIpc) is 1.58. The van der Waals surface area contributed by atoms with Gasteiger partial charge in [0, 0.05) is 0 Å². The molecule has 3 heteroatoms. The molecule has 0 aliphatic rings. The molecule has 68 valence electrons. The Morgan fingerprint density at radius 2 is 1.00 bits per heavy atom. The maximum atomic E-state index is 12.3. The van der Waals surface area contributed by atoms with Gasteiger partial charge in [-0.05, 0) is 5.41 Å². The van der Waals surface area contributed by atoms with Crippen molar-refractivity contribution >= 4 is 0 Å². The summed E-state index contributed by atoms with van der Waals surface area (Å²) < 4.78 is 37.0. The number of hydrogen-bond acceptors (Lipinski definition) is 0. The molecule has 0 nitrogen and oxygen atoms in total. The van der Waals surface area contributed by atoms with Crippen molar-refractivity contribution in [3.8, 4) is 0 Å². The van der Waals surface area contributed by atoms with Crippen molar-refractivity contribution in [1.82, 2.24) is 0 Å². The summed E-state index contributed by atoms with van der Waals surface area (Å²) >= 11 is 0. The lowest BCUT2D eigenvalue weighted by atomic mass is 9.69. The molecule has 0 spiro atoms.